The molecule has 0 unspecified atom stereocenters. The number of nitrogens with one attached hydrogen (secondary N) is 2. The van der Waals surface area contributed by atoms with Crippen molar-refractivity contribution in [3.05, 3.63) is 59.7 Å². The molecule has 0 aromatic heterocycles. The van der Waals surface area contributed by atoms with E-state index >= 15 is 0 Å². The highest BCUT2D eigenvalue weighted by Crippen LogP contribution is 2.13. The fraction of sp³-hybridized carbons (Fsp3) is 0.263. The Morgan fingerprint density at radius 3 is 2.56 bits per heavy atom. The minimum atomic E-state index is -0.115. The SMILES string of the molecule is COc1cccc(CNC(=O)CSCC(=O)Nc2cccc(C)c2)c1. The Morgan fingerprint density at radius 1 is 1.04 bits per heavy atom. The van der Waals surface area contributed by atoms with Gasteiger partial charge in [-0.3, -0.25) is 9.59 Å². The molecule has 2 N–H and O–H groups in total. The summed E-state index contributed by atoms with van der Waals surface area (Å²) in [5.41, 5.74) is 2.82. The molecule has 0 spiro atoms. The molecule has 0 fully saturated rings. The fourth-order valence-electron chi connectivity index (χ4n) is 2.19. The zero-order valence-electron chi connectivity index (χ0n) is 14.4. The molecule has 0 aliphatic heterocycles. The third-order valence-corrected chi connectivity index (χ3v) is 4.32. The molecular formula is C19H22N2O3S. The molecule has 0 radical (unpaired) electrons. The number of hydrogen-bond acceptors (Lipinski definition) is 4. The van der Waals surface area contributed by atoms with E-state index in [4.69, 9.17) is 4.74 Å². The van der Waals surface area contributed by atoms with E-state index in [-0.39, 0.29) is 23.3 Å². The van der Waals surface area contributed by atoms with E-state index in [1.165, 1.54) is 11.8 Å². The molecule has 0 bridgehead atoms. The Hall–Kier alpha value is -2.47. The van der Waals surface area contributed by atoms with Crippen LogP contribution in [0, 0.1) is 6.92 Å². The van der Waals surface area contributed by atoms with Crippen LogP contribution in [0.1, 0.15) is 11.1 Å². The molecule has 0 heterocycles. The van der Waals surface area contributed by atoms with Crippen molar-refractivity contribution in [3.8, 4) is 5.75 Å². The number of carbonyl (C=O) groups is 2. The van der Waals surface area contributed by atoms with Gasteiger partial charge in [-0.1, -0.05) is 24.3 Å². The van der Waals surface area contributed by atoms with E-state index in [0.717, 1.165) is 22.6 Å². The summed E-state index contributed by atoms with van der Waals surface area (Å²) in [6.45, 7) is 2.41. The van der Waals surface area contributed by atoms with E-state index in [1.54, 1.807) is 7.11 Å². The lowest BCUT2D eigenvalue weighted by Gasteiger charge is -2.08. The molecule has 2 rings (SSSR count). The third kappa shape index (κ3) is 6.89. The van der Waals surface area contributed by atoms with Crippen LogP contribution < -0.4 is 15.4 Å². The molecule has 0 saturated heterocycles. The highest BCUT2D eigenvalue weighted by Gasteiger charge is 2.06. The van der Waals surface area contributed by atoms with Gasteiger partial charge < -0.3 is 15.4 Å². The van der Waals surface area contributed by atoms with Crippen LogP contribution >= 0.6 is 11.8 Å². The second-order valence-corrected chi connectivity index (χ2v) is 6.52. The Labute approximate surface area is 152 Å². The molecule has 0 aliphatic carbocycles. The van der Waals surface area contributed by atoms with Gasteiger partial charge in [-0.2, -0.15) is 0 Å². The number of thioether (sulfide) groups is 1. The first-order chi connectivity index (χ1) is 12.1. The van der Waals surface area contributed by atoms with Crippen molar-refractivity contribution in [3.63, 3.8) is 0 Å². The molecule has 0 atom stereocenters. The maximum atomic E-state index is 11.9. The first kappa shape index (κ1) is 18.9. The van der Waals surface area contributed by atoms with Gasteiger partial charge in [-0.05, 0) is 42.3 Å². The molecule has 0 aliphatic rings. The standard InChI is InChI=1S/C19H22N2O3S/c1-14-5-3-7-16(9-14)21-19(23)13-25-12-18(22)20-11-15-6-4-8-17(10-15)24-2/h3-10H,11-13H2,1-2H3,(H,20,22)(H,21,23). The van der Waals surface area contributed by atoms with Gasteiger partial charge in [0, 0.05) is 12.2 Å². The molecule has 0 saturated carbocycles. The number of anilines is 1. The molecule has 6 heteroatoms. The lowest BCUT2D eigenvalue weighted by atomic mass is 10.2. The van der Waals surface area contributed by atoms with Gasteiger partial charge in [0.25, 0.3) is 0 Å². The summed E-state index contributed by atoms with van der Waals surface area (Å²) in [6.07, 6.45) is 0. The van der Waals surface area contributed by atoms with Crippen LogP contribution in [-0.2, 0) is 16.1 Å². The first-order valence-corrected chi connectivity index (χ1v) is 9.06. The van der Waals surface area contributed by atoms with Crippen LogP contribution in [0.2, 0.25) is 0 Å². The normalized spacial score (nSPS) is 10.2. The predicted octanol–water partition coefficient (Wildman–Crippen LogP) is 2.99. The second kappa shape index (κ2) is 9.74. The molecule has 2 aromatic carbocycles. The molecule has 2 amide bonds. The minimum absolute atomic E-state index is 0.101. The Morgan fingerprint density at radius 2 is 1.80 bits per heavy atom. The number of rotatable bonds is 8. The first-order valence-electron chi connectivity index (χ1n) is 7.90. The summed E-state index contributed by atoms with van der Waals surface area (Å²) in [5, 5.41) is 5.66. The Balaban J connectivity index is 1.67. The van der Waals surface area contributed by atoms with Gasteiger partial charge >= 0.3 is 0 Å². The number of amides is 2. The lowest BCUT2D eigenvalue weighted by molar-refractivity contribution is -0.118. The van der Waals surface area contributed by atoms with Gasteiger partial charge in [0.15, 0.2) is 0 Å². The Kier molecular flexibility index (Phi) is 7.35. The van der Waals surface area contributed by atoms with E-state index in [1.807, 2.05) is 55.5 Å². The van der Waals surface area contributed by atoms with Crippen LogP contribution in [0.3, 0.4) is 0 Å². The number of carbonyl (C=O) groups excluding carboxylic acids is 2. The zero-order valence-corrected chi connectivity index (χ0v) is 15.2. The van der Waals surface area contributed by atoms with Crippen molar-refractivity contribution in [2.24, 2.45) is 0 Å². The maximum Gasteiger partial charge on any atom is 0.234 e. The molecule has 5 nitrogen and oxygen atoms in total. The van der Waals surface area contributed by atoms with Crippen molar-refractivity contribution < 1.29 is 14.3 Å². The van der Waals surface area contributed by atoms with Crippen LogP contribution in [0.25, 0.3) is 0 Å². The largest absolute Gasteiger partial charge is 0.497 e. The average Bonchev–Trinajstić information content (AvgIpc) is 2.60. The van der Waals surface area contributed by atoms with Gasteiger partial charge in [-0.15, -0.1) is 11.8 Å². The van der Waals surface area contributed by atoms with Crippen molar-refractivity contribution in [1.82, 2.24) is 5.32 Å². The topological polar surface area (TPSA) is 67.4 Å². The maximum absolute atomic E-state index is 11.9. The monoisotopic (exact) mass is 358 g/mol. The molecule has 132 valence electrons. The Bertz CT molecular complexity index is 734. The number of aryl methyl sites for hydroxylation is 1. The average molecular weight is 358 g/mol. The molecule has 25 heavy (non-hydrogen) atoms. The van der Waals surface area contributed by atoms with Crippen LogP contribution in [0.5, 0.6) is 5.75 Å². The van der Waals surface area contributed by atoms with Crippen LogP contribution in [-0.4, -0.2) is 30.4 Å². The summed E-state index contributed by atoms with van der Waals surface area (Å²) in [5.74, 6) is 1.02. The summed E-state index contributed by atoms with van der Waals surface area (Å²) >= 11 is 1.29. The van der Waals surface area contributed by atoms with E-state index in [0.29, 0.717) is 6.54 Å². The summed E-state index contributed by atoms with van der Waals surface area (Å²) in [7, 11) is 1.61. The number of benzene rings is 2. The quantitative estimate of drug-likeness (QED) is 0.761. The van der Waals surface area contributed by atoms with Gasteiger partial charge in [0.1, 0.15) is 5.75 Å². The van der Waals surface area contributed by atoms with Crippen molar-refractivity contribution in [2.45, 2.75) is 13.5 Å². The van der Waals surface area contributed by atoms with Crippen LogP contribution in [0.15, 0.2) is 48.5 Å². The summed E-state index contributed by atoms with van der Waals surface area (Å²) < 4.78 is 5.15. The number of methoxy groups -OCH3 is 1. The fourth-order valence-corrected chi connectivity index (χ4v) is 2.84. The highest BCUT2D eigenvalue weighted by atomic mass is 32.2. The van der Waals surface area contributed by atoms with Crippen molar-refractivity contribution >= 4 is 29.3 Å². The highest BCUT2D eigenvalue weighted by molar-refractivity contribution is 8.00. The zero-order chi connectivity index (χ0) is 18.1. The molecular weight excluding hydrogens is 336 g/mol. The predicted molar refractivity (Wildman–Crippen MR) is 102 cm³/mol. The van der Waals surface area contributed by atoms with Crippen molar-refractivity contribution in [1.29, 1.82) is 0 Å². The minimum Gasteiger partial charge on any atom is -0.497 e. The lowest BCUT2D eigenvalue weighted by Crippen LogP contribution is -2.25. The molecule has 2 aromatic rings. The van der Waals surface area contributed by atoms with Gasteiger partial charge in [-0.25, -0.2) is 0 Å². The summed E-state index contributed by atoms with van der Waals surface area (Å²) in [6, 6.07) is 15.1. The second-order valence-electron chi connectivity index (χ2n) is 5.54. The number of hydrogen-bond donors (Lipinski definition) is 2. The van der Waals surface area contributed by atoms with Gasteiger partial charge in [0.2, 0.25) is 11.8 Å². The van der Waals surface area contributed by atoms with Crippen LogP contribution in [0.4, 0.5) is 5.69 Å². The third-order valence-electron chi connectivity index (χ3n) is 3.39. The van der Waals surface area contributed by atoms with E-state index in [9.17, 15) is 9.59 Å². The van der Waals surface area contributed by atoms with Gasteiger partial charge in [0.05, 0.1) is 18.6 Å². The number of ether oxygens (including phenoxy) is 1. The van der Waals surface area contributed by atoms with Crippen molar-refractivity contribution in [2.75, 3.05) is 23.9 Å². The smallest absolute Gasteiger partial charge is 0.234 e. The summed E-state index contributed by atoms with van der Waals surface area (Å²) in [4.78, 5) is 23.7. The van der Waals surface area contributed by atoms with E-state index in [2.05, 4.69) is 10.6 Å². The van der Waals surface area contributed by atoms with E-state index < -0.39 is 0 Å².